The molecule has 19 heavy (non-hydrogen) atoms. The first-order valence-corrected chi connectivity index (χ1v) is 6.80. The third-order valence-corrected chi connectivity index (χ3v) is 3.67. The van der Waals surface area contributed by atoms with Gasteiger partial charge in [-0.15, -0.1) is 0 Å². The number of para-hydroxylation sites is 2. The standard InChI is InChI=1S/C15H12BrFN2/c1-10-18-14-4-2-3-5-15(14)19(10)9-11-8-12(16)6-7-13(11)17/h2-8H,9H2,1H3. The van der Waals surface area contributed by atoms with Crippen LogP contribution in [0.5, 0.6) is 0 Å². The van der Waals surface area contributed by atoms with Crippen LogP contribution < -0.4 is 0 Å². The lowest BCUT2D eigenvalue weighted by Gasteiger charge is -2.08. The Morgan fingerprint density at radius 1 is 1.21 bits per heavy atom. The average molecular weight is 319 g/mol. The molecule has 0 aliphatic heterocycles. The summed E-state index contributed by atoms with van der Waals surface area (Å²) in [4.78, 5) is 4.49. The van der Waals surface area contributed by atoms with Crippen LogP contribution in [0, 0.1) is 12.7 Å². The Bertz CT molecular complexity index is 749. The minimum absolute atomic E-state index is 0.194. The molecule has 2 aromatic carbocycles. The first-order chi connectivity index (χ1) is 9.15. The summed E-state index contributed by atoms with van der Waals surface area (Å²) < 4.78 is 16.7. The first-order valence-electron chi connectivity index (χ1n) is 6.01. The molecule has 4 heteroatoms. The maximum Gasteiger partial charge on any atom is 0.128 e. The molecule has 0 unspecified atom stereocenters. The Morgan fingerprint density at radius 2 is 2.00 bits per heavy atom. The zero-order chi connectivity index (χ0) is 13.4. The summed E-state index contributed by atoms with van der Waals surface area (Å²) in [7, 11) is 0. The monoisotopic (exact) mass is 318 g/mol. The third-order valence-electron chi connectivity index (χ3n) is 3.18. The van der Waals surface area contributed by atoms with E-state index in [9.17, 15) is 4.39 Å². The van der Waals surface area contributed by atoms with Gasteiger partial charge in [-0.25, -0.2) is 9.37 Å². The van der Waals surface area contributed by atoms with E-state index in [0.717, 1.165) is 21.3 Å². The first kappa shape index (κ1) is 12.4. The highest BCUT2D eigenvalue weighted by Gasteiger charge is 2.10. The second kappa shape index (κ2) is 4.78. The summed E-state index contributed by atoms with van der Waals surface area (Å²) >= 11 is 3.38. The summed E-state index contributed by atoms with van der Waals surface area (Å²) in [5.74, 6) is 0.695. The van der Waals surface area contributed by atoms with Crippen LogP contribution in [-0.2, 0) is 6.54 Å². The van der Waals surface area contributed by atoms with Gasteiger partial charge in [-0.05, 0) is 37.3 Å². The fourth-order valence-corrected chi connectivity index (χ4v) is 2.64. The van der Waals surface area contributed by atoms with E-state index >= 15 is 0 Å². The van der Waals surface area contributed by atoms with Gasteiger partial charge in [0.25, 0.3) is 0 Å². The molecule has 0 saturated carbocycles. The zero-order valence-corrected chi connectivity index (χ0v) is 12.0. The van der Waals surface area contributed by atoms with Crippen molar-refractivity contribution in [2.45, 2.75) is 13.5 Å². The van der Waals surface area contributed by atoms with Crippen molar-refractivity contribution in [3.63, 3.8) is 0 Å². The van der Waals surface area contributed by atoms with Crippen molar-refractivity contribution in [1.82, 2.24) is 9.55 Å². The summed E-state index contributed by atoms with van der Waals surface area (Å²) in [6, 6.07) is 12.9. The van der Waals surface area contributed by atoms with Gasteiger partial charge in [0.15, 0.2) is 0 Å². The molecule has 96 valence electrons. The number of hydrogen-bond donors (Lipinski definition) is 0. The SMILES string of the molecule is Cc1nc2ccccc2n1Cc1cc(Br)ccc1F. The minimum atomic E-state index is -0.194. The molecule has 0 radical (unpaired) electrons. The summed E-state index contributed by atoms with van der Waals surface area (Å²) in [6.07, 6.45) is 0. The number of halogens is 2. The molecule has 3 rings (SSSR count). The van der Waals surface area contributed by atoms with Gasteiger partial charge in [0.05, 0.1) is 17.6 Å². The molecule has 0 spiro atoms. The number of aromatic nitrogens is 2. The Kier molecular flexibility index (Phi) is 3.11. The van der Waals surface area contributed by atoms with Crippen LogP contribution in [0.2, 0.25) is 0 Å². The zero-order valence-electron chi connectivity index (χ0n) is 10.4. The van der Waals surface area contributed by atoms with Crippen LogP contribution in [0.1, 0.15) is 11.4 Å². The van der Waals surface area contributed by atoms with Gasteiger partial charge in [0.2, 0.25) is 0 Å². The van der Waals surface area contributed by atoms with Gasteiger partial charge >= 0.3 is 0 Å². The van der Waals surface area contributed by atoms with Crippen LogP contribution in [0.15, 0.2) is 46.9 Å². The van der Waals surface area contributed by atoms with E-state index in [4.69, 9.17) is 0 Å². The van der Waals surface area contributed by atoms with Gasteiger partial charge < -0.3 is 4.57 Å². The Labute approximate surface area is 119 Å². The number of fused-ring (bicyclic) bond motifs is 1. The topological polar surface area (TPSA) is 17.8 Å². The second-order valence-electron chi connectivity index (χ2n) is 4.47. The van der Waals surface area contributed by atoms with E-state index < -0.39 is 0 Å². The van der Waals surface area contributed by atoms with Crippen molar-refractivity contribution in [1.29, 1.82) is 0 Å². The number of aryl methyl sites for hydroxylation is 1. The molecule has 3 aromatic rings. The molecular weight excluding hydrogens is 307 g/mol. The Hall–Kier alpha value is -1.68. The van der Waals surface area contributed by atoms with Crippen molar-refractivity contribution < 1.29 is 4.39 Å². The molecule has 0 bridgehead atoms. The van der Waals surface area contributed by atoms with Crippen LogP contribution in [0.25, 0.3) is 11.0 Å². The molecule has 0 aliphatic rings. The van der Waals surface area contributed by atoms with Gasteiger partial charge in [0.1, 0.15) is 11.6 Å². The number of imidazole rings is 1. The van der Waals surface area contributed by atoms with Crippen LogP contribution in [0.3, 0.4) is 0 Å². The quantitative estimate of drug-likeness (QED) is 0.689. The van der Waals surface area contributed by atoms with Crippen LogP contribution in [-0.4, -0.2) is 9.55 Å². The molecular formula is C15H12BrFN2. The number of hydrogen-bond acceptors (Lipinski definition) is 1. The van der Waals surface area contributed by atoms with Gasteiger partial charge in [-0.3, -0.25) is 0 Å². The lowest BCUT2D eigenvalue weighted by atomic mass is 10.2. The summed E-state index contributed by atoms with van der Waals surface area (Å²) in [5, 5.41) is 0. The average Bonchev–Trinajstić information content (AvgIpc) is 2.71. The molecule has 0 fully saturated rings. The van der Waals surface area contributed by atoms with Crippen molar-refractivity contribution in [2.24, 2.45) is 0 Å². The van der Waals surface area contributed by atoms with Crippen molar-refractivity contribution in [2.75, 3.05) is 0 Å². The number of benzene rings is 2. The largest absolute Gasteiger partial charge is 0.324 e. The fraction of sp³-hybridized carbons (Fsp3) is 0.133. The van der Waals surface area contributed by atoms with Crippen LogP contribution >= 0.6 is 15.9 Å². The third kappa shape index (κ3) is 2.28. The van der Waals surface area contributed by atoms with Crippen molar-refractivity contribution >= 4 is 27.0 Å². The van der Waals surface area contributed by atoms with E-state index in [1.165, 1.54) is 6.07 Å². The highest BCUT2D eigenvalue weighted by Crippen LogP contribution is 2.21. The van der Waals surface area contributed by atoms with E-state index in [0.29, 0.717) is 12.1 Å². The maximum atomic E-state index is 13.8. The molecule has 0 N–H and O–H groups in total. The Morgan fingerprint density at radius 3 is 2.84 bits per heavy atom. The molecule has 0 amide bonds. The lowest BCUT2D eigenvalue weighted by Crippen LogP contribution is -2.04. The molecule has 0 saturated heterocycles. The predicted molar refractivity (Wildman–Crippen MR) is 77.7 cm³/mol. The summed E-state index contributed by atoms with van der Waals surface area (Å²) in [6.45, 7) is 2.42. The summed E-state index contributed by atoms with van der Waals surface area (Å²) in [5.41, 5.74) is 2.62. The van der Waals surface area contributed by atoms with E-state index in [1.54, 1.807) is 6.07 Å². The smallest absolute Gasteiger partial charge is 0.128 e. The molecule has 1 heterocycles. The fourth-order valence-electron chi connectivity index (χ4n) is 2.23. The van der Waals surface area contributed by atoms with Crippen molar-refractivity contribution in [3.05, 3.63) is 64.1 Å². The maximum absolute atomic E-state index is 13.8. The lowest BCUT2D eigenvalue weighted by molar-refractivity contribution is 0.599. The molecule has 0 atom stereocenters. The number of nitrogens with zero attached hydrogens (tertiary/aromatic N) is 2. The number of rotatable bonds is 2. The molecule has 0 aliphatic carbocycles. The highest BCUT2D eigenvalue weighted by atomic mass is 79.9. The predicted octanol–water partition coefficient (Wildman–Crippen LogP) is 4.29. The second-order valence-corrected chi connectivity index (χ2v) is 5.39. The Balaban J connectivity index is 2.10. The molecule has 2 nitrogen and oxygen atoms in total. The van der Waals surface area contributed by atoms with Crippen LogP contribution in [0.4, 0.5) is 4.39 Å². The van der Waals surface area contributed by atoms with E-state index in [1.807, 2.05) is 41.8 Å². The normalized spacial score (nSPS) is 11.1. The minimum Gasteiger partial charge on any atom is -0.324 e. The van der Waals surface area contributed by atoms with Gasteiger partial charge in [-0.2, -0.15) is 0 Å². The van der Waals surface area contributed by atoms with Crippen molar-refractivity contribution in [3.8, 4) is 0 Å². The van der Waals surface area contributed by atoms with E-state index in [2.05, 4.69) is 20.9 Å². The van der Waals surface area contributed by atoms with E-state index in [-0.39, 0.29) is 5.82 Å². The highest BCUT2D eigenvalue weighted by molar-refractivity contribution is 9.10. The molecule has 1 aromatic heterocycles. The van der Waals surface area contributed by atoms with Gasteiger partial charge in [-0.1, -0.05) is 28.1 Å². The van der Waals surface area contributed by atoms with Gasteiger partial charge in [0, 0.05) is 10.0 Å².